The van der Waals surface area contributed by atoms with Crippen LogP contribution in [0.25, 0.3) is 5.69 Å². The lowest BCUT2D eigenvalue weighted by Crippen LogP contribution is -2.19. The fourth-order valence-corrected chi connectivity index (χ4v) is 1.55. The minimum absolute atomic E-state index is 0.0903. The fraction of sp³-hybridized carbons (Fsp3) is 0.100. The van der Waals surface area contributed by atoms with E-state index in [1.54, 1.807) is 24.3 Å². The number of carbonyl (C=O) groups excluding carboxylic acids is 1. The molecule has 0 bridgehead atoms. The number of nitrogens with zero attached hydrogens (tertiary/aromatic N) is 3. The second-order valence-electron chi connectivity index (χ2n) is 3.29. The van der Waals surface area contributed by atoms with Crippen molar-refractivity contribution in [3.8, 4) is 5.69 Å². The standard InChI is InChI=1S/C10H10ClN5O/c1-13-10(17)8-9(12)16(15-14-8)7-4-2-3-6(11)5-7/h2-5H,12H2,1H3,(H,13,17). The molecular formula is C10H10ClN5O. The van der Waals surface area contributed by atoms with Crippen LogP contribution >= 0.6 is 11.6 Å². The van der Waals surface area contributed by atoms with Gasteiger partial charge in [0.25, 0.3) is 5.91 Å². The predicted molar refractivity (Wildman–Crippen MR) is 64.2 cm³/mol. The summed E-state index contributed by atoms with van der Waals surface area (Å²) in [7, 11) is 1.50. The zero-order valence-electron chi connectivity index (χ0n) is 9.01. The first-order valence-corrected chi connectivity index (χ1v) is 5.20. The first-order chi connectivity index (χ1) is 8.13. The van der Waals surface area contributed by atoms with Gasteiger partial charge in [0, 0.05) is 12.1 Å². The van der Waals surface area contributed by atoms with Gasteiger partial charge in [-0.2, -0.15) is 4.68 Å². The van der Waals surface area contributed by atoms with Gasteiger partial charge in [0.2, 0.25) is 0 Å². The average Bonchev–Trinajstić information content (AvgIpc) is 2.70. The van der Waals surface area contributed by atoms with Gasteiger partial charge in [-0.25, -0.2) is 0 Å². The number of hydrogen-bond acceptors (Lipinski definition) is 4. The van der Waals surface area contributed by atoms with Crippen molar-refractivity contribution in [3.63, 3.8) is 0 Å². The smallest absolute Gasteiger partial charge is 0.275 e. The van der Waals surface area contributed by atoms with Gasteiger partial charge in [0.1, 0.15) is 0 Å². The molecule has 88 valence electrons. The number of nitrogens with two attached hydrogens (primary N) is 1. The van der Waals surface area contributed by atoms with E-state index in [2.05, 4.69) is 15.6 Å². The van der Waals surface area contributed by atoms with Crippen molar-refractivity contribution in [2.24, 2.45) is 0 Å². The van der Waals surface area contributed by atoms with E-state index in [1.807, 2.05) is 0 Å². The second-order valence-corrected chi connectivity index (χ2v) is 3.73. The Morgan fingerprint density at radius 2 is 2.29 bits per heavy atom. The summed E-state index contributed by atoms with van der Waals surface area (Å²) < 4.78 is 1.36. The first kappa shape index (κ1) is 11.4. The highest BCUT2D eigenvalue weighted by molar-refractivity contribution is 6.30. The minimum Gasteiger partial charge on any atom is -0.382 e. The summed E-state index contributed by atoms with van der Waals surface area (Å²) in [4.78, 5) is 11.4. The molecule has 0 aliphatic heterocycles. The molecule has 7 heteroatoms. The SMILES string of the molecule is CNC(=O)c1nnn(-c2cccc(Cl)c2)c1N. The molecule has 0 aliphatic rings. The average molecular weight is 252 g/mol. The van der Waals surface area contributed by atoms with Gasteiger partial charge < -0.3 is 11.1 Å². The monoisotopic (exact) mass is 251 g/mol. The summed E-state index contributed by atoms with van der Waals surface area (Å²) in [6.07, 6.45) is 0. The first-order valence-electron chi connectivity index (χ1n) is 4.82. The third-order valence-corrected chi connectivity index (χ3v) is 2.43. The van der Waals surface area contributed by atoms with E-state index >= 15 is 0 Å². The lowest BCUT2D eigenvalue weighted by Gasteiger charge is -2.03. The maximum absolute atomic E-state index is 11.4. The third-order valence-electron chi connectivity index (χ3n) is 2.20. The van der Waals surface area contributed by atoms with Crippen molar-refractivity contribution in [3.05, 3.63) is 35.0 Å². The fourth-order valence-electron chi connectivity index (χ4n) is 1.37. The summed E-state index contributed by atoms with van der Waals surface area (Å²) >= 11 is 5.86. The number of nitrogens with one attached hydrogen (secondary N) is 1. The number of benzene rings is 1. The topological polar surface area (TPSA) is 85.8 Å². The number of halogens is 1. The molecule has 17 heavy (non-hydrogen) atoms. The molecule has 1 aromatic carbocycles. The highest BCUT2D eigenvalue weighted by Gasteiger charge is 2.16. The van der Waals surface area contributed by atoms with Gasteiger partial charge in [0.05, 0.1) is 5.69 Å². The molecular weight excluding hydrogens is 242 g/mol. The van der Waals surface area contributed by atoms with Crippen molar-refractivity contribution < 1.29 is 4.79 Å². The Kier molecular flexibility index (Phi) is 2.97. The van der Waals surface area contributed by atoms with Crippen molar-refractivity contribution in [2.45, 2.75) is 0 Å². The Bertz CT molecular complexity index is 566. The van der Waals surface area contributed by atoms with Gasteiger partial charge >= 0.3 is 0 Å². The van der Waals surface area contributed by atoms with Crippen LogP contribution in [0.5, 0.6) is 0 Å². The molecule has 0 fully saturated rings. The van der Waals surface area contributed by atoms with Crippen LogP contribution in [0.2, 0.25) is 5.02 Å². The second kappa shape index (κ2) is 4.42. The van der Waals surface area contributed by atoms with E-state index in [-0.39, 0.29) is 17.4 Å². The van der Waals surface area contributed by atoms with Gasteiger partial charge in [-0.05, 0) is 18.2 Å². The summed E-state index contributed by atoms with van der Waals surface area (Å²) in [5.41, 5.74) is 6.54. The summed E-state index contributed by atoms with van der Waals surface area (Å²) in [6.45, 7) is 0. The normalized spacial score (nSPS) is 10.2. The molecule has 1 aromatic heterocycles. The number of nitrogen functional groups attached to an aromatic ring is 1. The predicted octanol–water partition coefficient (Wildman–Crippen LogP) is 0.862. The van der Waals surface area contributed by atoms with Gasteiger partial charge in [0.15, 0.2) is 11.5 Å². The van der Waals surface area contributed by atoms with Gasteiger partial charge in [-0.1, -0.05) is 22.9 Å². The molecule has 0 radical (unpaired) electrons. The molecule has 0 saturated carbocycles. The van der Waals surface area contributed by atoms with Gasteiger partial charge in [-0.15, -0.1) is 5.10 Å². The van der Waals surface area contributed by atoms with E-state index in [4.69, 9.17) is 17.3 Å². The molecule has 1 amide bonds. The third kappa shape index (κ3) is 2.07. The molecule has 2 aromatic rings. The summed E-state index contributed by atoms with van der Waals surface area (Å²) in [5, 5.41) is 10.5. The lowest BCUT2D eigenvalue weighted by molar-refractivity contribution is 0.0959. The Morgan fingerprint density at radius 1 is 1.53 bits per heavy atom. The van der Waals surface area contributed by atoms with Crippen molar-refractivity contribution in [2.75, 3.05) is 12.8 Å². The number of anilines is 1. The quantitative estimate of drug-likeness (QED) is 0.829. The lowest BCUT2D eigenvalue weighted by atomic mass is 10.3. The van der Waals surface area contributed by atoms with E-state index in [1.165, 1.54) is 11.7 Å². The molecule has 1 heterocycles. The number of aromatic nitrogens is 3. The van der Waals surface area contributed by atoms with Crippen LogP contribution in [0, 0.1) is 0 Å². The van der Waals surface area contributed by atoms with Crippen LogP contribution in [-0.4, -0.2) is 27.9 Å². The molecule has 3 N–H and O–H groups in total. The van der Waals surface area contributed by atoms with E-state index in [0.29, 0.717) is 10.7 Å². The molecule has 0 saturated heterocycles. The molecule has 2 rings (SSSR count). The van der Waals surface area contributed by atoms with Crippen LogP contribution in [-0.2, 0) is 0 Å². The van der Waals surface area contributed by atoms with Crippen LogP contribution < -0.4 is 11.1 Å². The van der Waals surface area contributed by atoms with E-state index < -0.39 is 0 Å². The Hall–Kier alpha value is -2.08. The molecule has 0 atom stereocenters. The van der Waals surface area contributed by atoms with Crippen LogP contribution in [0.4, 0.5) is 5.82 Å². The maximum atomic E-state index is 11.4. The molecule has 6 nitrogen and oxygen atoms in total. The molecule has 0 unspecified atom stereocenters. The maximum Gasteiger partial charge on any atom is 0.275 e. The zero-order chi connectivity index (χ0) is 12.4. The van der Waals surface area contributed by atoms with Gasteiger partial charge in [-0.3, -0.25) is 4.79 Å². The number of amides is 1. The van der Waals surface area contributed by atoms with Crippen molar-refractivity contribution in [1.29, 1.82) is 0 Å². The number of carbonyl (C=O) groups is 1. The van der Waals surface area contributed by atoms with Crippen molar-refractivity contribution >= 4 is 23.3 Å². The van der Waals surface area contributed by atoms with E-state index in [9.17, 15) is 4.79 Å². The zero-order valence-corrected chi connectivity index (χ0v) is 9.77. The van der Waals surface area contributed by atoms with Crippen molar-refractivity contribution in [1.82, 2.24) is 20.3 Å². The highest BCUT2D eigenvalue weighted by atomic mass is 35.5. The summed E-state index contributed by atoms with van der Waals surface area (Å²) in [6, 6.07) is 6.95. The Labute approximate surface area is 102 Å². The Morgan fingerprint density at radius 3 is 2.94 bits per heavy atom. The summed E-state index contributed by atoms with van der Waals surface area (Å²) in [5.74, 6) is -0.206. The largest absolute Gasteiger partial charge is 0.382 e. The highest BCUT2D eigenvalue weighted by Crippen LogP contribution is 2.18. The molecule has 0 aliphatic carbocycles. The minimum atomic E-state index is -0.379. The van der Waals surface area contributed by atoms with Crippen LogP contribution in [0.1, 0.15) is 10.5 Å². The number of rotatable bonds is 2. The molecule has 0 spiro atoms. The van der Waals surface area contributed by atoms with Crippen LogP contribution in [0.3, 0.4) is 0 Å². The van der Waals surface area contributed by atoms with E-state index in [0.717, 1.165) is 0 Å². The Balaban J connectivity index is 2.48. The number of hydrogen-bond donors (Lipinski definition) is 2. The van der Waals surface area contributed by atoms with Crippen LogP contribution in [0.15, 0.2) is 24.3 Å².